The molecule has 2 rings (SSSR count). The summed E-state index contributed by atoms with van der Waals surface area (Å²) in [5, 5.41) is 0. The minimum Gasteiger partial charge on any atom is -0.290 e. The normalized spacial score (nSPS) is 36.9. The summed E-state index contributed by atoms with van der Waals surface area (Å²) in [6.07, 6.45) is 2.76. The maximum absolute atomic E-state index is 3.61. The molecule has 2 bridgehead atoms. The fourth-order valence-corrected chi connectivity index (χ4v) is 3.62. The molecule has 2 nitrogen and oxygen atoms in total. The minimum absolute atomic E-state index is 0.347. The molecule has 0 aliphatic carbocycles. The number of nitrogens with zero attached hydrogens (tertiary/aromatic N) is 2. The second kappa shape index (κ2) is 3.21. The third-order valence-electron chi connectivity index (χ3n) is 3.21. The smallest absolute Gasteiger partial charge is 0.0250 e. The first-order valence-electron chi connectivity index (χ1n) is 5.17. The second-order valence-corrected chi connectivity index (χ2v) is 6.29. The average Bonchev–Trinajstić information content (AvgIpc) is 2.23. The molecule has 76 valence electrons. The van der Waals surface area contributed by atoms with Crippen molar-refractivity contribution in [3.05, 3.63) is 0 Å². The predicted molar refractivity (Wildman–Crippen MR) is 58.9 cm³/mol. The highest BCUT2D eigenvalue weighted by atomic mass is 79.9. The summed E-state index contributed by atoms with van der Waals surface area (Å²) in [6.45, 7) is 9.38. The highest BCUT2D eigenvalue weighted by Crippen LogP contribution is 2.36. The van der Waals surface area contributed by atoms with Gasteiger partial charge < -0.3 is 0 Å². The topological polar surface area (TPSA) is 6.48 Å². The van der Waals surface area contributed by atoms with Crippen molar-refractivity contribution in [3.63, 3.8) is 0 Å². The van der Waals surface area contributed by atoms with Gasteiger partial charge in [-0.05, 0) is 33.6 Å². The SMILES string of the molecule is CC(C)(C)N1C2CCC1CN(Br)C2. The van der Waals surface area contributed by atoms with Crippen molar-refractivity contribution in [2.45, 2.75) is 51.2 Å². The Morgan fingerprint density at radius 3 is 1.92 bits per heavy atom. The highest BCUT2D eigenvalue weighted by molar-refractivity contribution is 9.07. The quantitative estimate of drug-likeness (QED) is 0.606. The average molecular weight is 247 g/mol. The number of hydrogen-bond acceptors (Lipinski definition) is 2. The molecule has 0 aromatic carbocycles. The van der Waals surface area contributed by atoms with Gasteiger partial charge in [0.25, 0.3) is 0 Å². The van der Waals surface area contributed by atoms with Crippen molar-refractivity contribution in [2.24, 2.45) is 0 Å². The summed E-state index contributed by atoms with van der Waals surface area (Å²) >= 11 is 3.61. The van der Waals surface area contributed by atoms with Crippen molar-refractivity contribution in [1.29, 1.82) is 0 Å². The molecule has 0 aromatic rings. The van der Waals surface area contributed by atoms with Crippen LogP contribution in [0.25, 0.3) is 0 Å². The summed E-state index contributed by atoms with van der Waals surface area (Å²) < 4.78 is 2.30. The van der Waals surface area contributed by atoms with Crippen molar-refractivity contribution in [2.75, 3.05) is 13.1 Å². The van der Waals surface area contributed by atoms with Gasteiger partial charge in [-0.15, -0.1) is 0 Å². The summed E-state index contributed by atoms with van der Waals surface area (Å²) in [6, 6.07) is 1.55. The van der Waals surface area contributed by atoms with E-state index in [1.54, 1.807) is 0 Å². The molecule has 2 aliphatic rings. The lowest BCUT2D eigenvalue weighted by molar-refractivity contribution is 0.0329. The Morgan fingerprint density at radius 2 is 1.54 bits per heavy atom. The predicted octanol–water partition coefficient (Wildman–Crippen LogP) is 2.24. The van der Waals surface area contributed by atoms with Crippen molar-refractivity contribution >= 4 is 16.1 Å². The molecule has 2 unspecified atom stereocenters. The van der Waals surface area contributed by atoms with E-state index in [9.17, 15) is 0 Å². The minimum atomic E-state index is 0.347. The maximum Gasteiger partial charge on any atom is 0.0250 e. The van der Waals surface area contributed by atoms with E-state index in [1.807, 2.05) is 0 Å². The number of fused-ring (bicyclic) bond motifs is 2. The van der Waals surface area contributed by atoms with E-state index >= 15 is 0 Å². The van der Waals surface area contributed by atoms with E-state index in [4.69, 9.17) is 0 Å². The molecule has 2 heterocycles. The van der Waals surface area contributed by atoms with Crippen molar-refractivity contribution in [3.8, 4) is 0 Å². The van der Waals surface area contributed by atoms with Gasteiger partial charge in [-0.25, -0.2) is 3.93 Å². The van der Waals surface area contributed by atoms with Gasteiger partial charge in [-0.3, -0.25) is 4.90 Å². The number of hydrogen-bond donors (Lipinski definition) is 0. The lowest BCUT2D eigenvalue weighted by atomic mass is 10.0. The molecular formula is C10H19BrN2. The Kier molecular flexibility index (Phi) is 2.45. The Morgan fingerprint density at radius 1 is 1.08 bits per heavy atom. The third kappa shape index (κ3) is 1.79. The van der Waals surface area contributed by atoms with Gasteiger partial charge in [-0.1, -0.05) is 0 Å². The van der Waals surface area contributed by atoms with Crippen LogP contribution in [0.4, 0.5) is 0 Å². The van der Waals surface area contributed by atoms with Crippen LogP contribution in [-0.2, 0) is 0 Å². The Bertz CT molecular complexity index is 186. The molecule has 0 N–H and O–H groups in total. The number of piperazine rings is 1. The van der Waals surface area contributed by atoms with Gasteiger partial charge in [0, 0.05) is 46.9 Å². The van der Waals surface area contributed by atoms with Crippen LogP contribution in [-0.4, -0.2) is 39.5 Å². The van der Waals surface area contributed by atoms with E-state index in [1.165, 1.54) is 25.9 Å². The molecule has 2 atom stereocenters. The largest absolute Gasteiger partial charge is 0.290 e. The first-order chi connectivity index (χ1) is 5.98. The zero-order valence-corrected chi connectivity index (χ0v) is 10.3. The molecule has 2 aliphatic heterocycles. The van der Waals surface area contributed by atoms with Crippen molar-refractivity contribution < 1.29 is 0 Å². The fraction of sp³-hybridized carbons (Fsp3) is 1.00. The van der Waals surface area contributed by atoms with Gasteiger partial charge in [0.05, 0.1) is 0 Å². The van der Waals surface area contributed by atoms with Crippen LogP contribution >= 0.6 is 16.1 Å². The van der Waals surface area contributed by atoms with E-state index in [2.05, 4.69) is 45.7 Å². The lowest BCUT2D eigenvalue weighted by Gasteiger charge is -2.46. The Labute approximate surface area is 89.6 Å². The Balaban J connectivity index is 2.15. The zero-order chi connectivity index (χ0) is 9.64. The molecule has 0 radical (unpaired) electrons. The lowest BCUT2D eigenvalue weighted by Crippen LogP contribution is -2.57. The molecule has 2 fully saturated rings. The second-order valence-electron chi connectivity index (χ2n) is 5.29. The highest BCUT2D eigenvalue weighted by Gasteiger charge is 2.44. The monoisotopic (exact) mass is 246 g/mol. The zero-order valence-electron chi connectivity index (χ0n) is 8.76. The molecule has 0 amide bonds. The van der Waals surface area contributed by atoms with Crippen LogP contribution in [0.15, 0.2) is 0 Å². The molecule has 13 heavy (non-hydrogen) atoms. The molecule has 2 saturated heterocycles. The van der Waals surface area contributed by atoms with Gasteiger partial charge in [0.15, 0.2) is 0 Å². The first kappa shape index (κ1) is 9.94. The van der Waals surface area contributed by atoms with Gasteiger partial charge in [0.2, 0.25) is 0 Å². The summed E-state index contributed by atoms with van der Waals surface area (Å²) in [5.41, 5.74) is 0.347. The van der Waals surface area contributed by atoms with E-state index in [0.29, 0.717) is 5.54 Å². The van der Waals surface area contributed by atoms with Gasteiger partial charge in [0.1, 0.15) is 0 Å². The van der Waals surface area contributed by atoms with Crippen LogP contribution in [0, 0.1) is 0 Å². The van der Waals surface area contributed by atoms with Gasteiger partial charge in [-0.2, -0.15) is 0 Å². The standard InChI is InChI=1S/C10H19BrN2/c1-10(2,3)13-8-4-5-9(13)7-12(11)6-8/h8-9H,4-7H2,1-3H3. The van der Waals surface area contributed by atoms with Gasteiger partial charge >= 0.3 is 0 Å². The van der Waals surface area contributed by atoms with E-state index in [0.717, 1.165) is 12.1 Å². The summed E-state index contributed by atoms with van der Waals surface area (Å²) in [5.74, 6) is 0. The number of halogens is 1. The van der Waals surface area contributed by atoms with Crippen LogP contribution < -0.4 is 0 Å². The van der Waals surface area contributed by atoms with E-state index in [-0.39, 0.29) is 0 Å². The molecule has 0 saturated carbocycles. The third-order valence-corrected chi connectivity index (χ3v) is 3.79. The molecule has 0 spiro atoms. The summed E-state index contributed by atoms with van der Waals surface area (Å²) in [4.78, 5) is 2.71. The fourth-order valence-electron chi connectivity index (χ4n) is 2.95. The molecular weight excluding hydrogens is 228 g/mol. The first-order valence-corrected chi connectivity index (χ1v) is 5.88. The maximum atomic E-state index is 3.61. The van der Waals surface area contributed by atoms with Crippen molar-refractivity contribution in [1.82, 2.24) is 8.83 Å². The van der Waals surface area contributed by atoms with Crippen LogP contribution in [0.3, 0.4) is 0 Å². The summed E-state index contributed by atoms with van der Waals surface area (Å²) in [7, 11) is 0. The number of rotatable bonds is 0. The Hall–Kier alpha value is 0.400. The van der Waals surface area contributed by atoms with E-state index < -0.39 is 0 Å². The molecule has 3 heteroatoms. The van der Waals surface area contributed by atoms with Crippen LogP contribution in [0.1, 0.15) is 33.6 Å². The van der Waals surface area contributed by atoms with Crippen LogP contribution in [0.5, 0.6) is 0 Å². The van der Waals surface area contributed by atoms with Crippen LogP contribution in [0.2, 0.25) is 0 Å². The molecule has 0 aromatic heterocycles.